The topological polar surface area (TPSA) is 0 Å². The van der Waals surface area contributed by atoms with Crippen molar-refractivity contribution in [2.24, 2.45) is 0 Å². The Kier molecular flexibility index (Phi) is 2.46. The predicted octanol–water partition coefficient (Wildman–Crippen LogP) is 4.02. The Morgan fingerprint density at radius 3 is 2.33 bits per heavy atom. The molecule has 0 amide bonds. The van der Waals surface area contributed by atoms with E-state index in [0.29, 0.717) is 0 Å². The van der Waals surface area contributed by atoms with Crippen LogP contribution in [0.15, 0.2) is 41.8 Å². The molecular formula is C10H7IS. The van der Waals surface area contributed by atoms with Crippen LogP contribution in [0.1, 0.15) is 0 Å². The second kappa shape index (κ2) is 3.58. The number of halogens is 1. The van der Waals surface area contributed by atoms with Gasteiger partial charge in [0.1, 0.15) is 0 Å². The lowest BCUT2D eigenvalue weighted by molar-refractivity contribution is 1.68. The van der Waals surface area contributed by atoms with Gasteiger partial charge < -0.3 is 0 Å². The first-order valence-corrected chi connectivity index (χ1v) is 5.62. The van der Waals surface area contributed by atoms with E-state index in [1.54, 1.807) is 11.3 Å². The van der Waals surface area contributed by atoms with Crippen molar-refractivity contribution >= 4 is 33.9 Å². The molecule has 0 spiro atoms. The maximum atomic E-state index is 2.37. The number of thiophene rings is 1. The first kappa shape index (κ1) is 8.26. The van der Waals surface area contributed by atoms with Gasteiger partial charge in [-0.2, -0.15) is 0 Å². The lowest BCUT2D eigenvalue weighted by atomic mass is 10.2. The fourth-order valence-electron chi connectivity index (χ4n) is 1.09. The summed E-state index contributed by atoms with van der Waals surface area (Å²) in [6.45, 7) is 0. The summed E-state index contributed by atoms with van der Waals surface area (Å²) in [5.74, 6) is 0. The second-order valence-corrected chi connectivity index (χ2v) is 4.54. The van der Waals surface area contributed by atoms with Gasteiger partial charge in [0.05, 0.1) is 0 Å². The highest BCUT2D eigenvalue weighted by Gasteiger charge is 2.01. The average molecular weight is 286 g/mol. The van der Waals surface area contributed by atoms with Gasteiger partial charge in [-0.1, -0.05) is 30.3 Å². The van der Waals surface area contributed by atoms with E-state index in [-0.39, 0.29) is 0 Å². The van der Waals surface area contributed by atoms with Gasteiger partial charge in [0.2, 0.25) is 0 Å². The highest BCUT2D eigenvalue weighted by Crippen LogP contribution is 2.29. The standard InChI is InChI=1S/C10H7IS/c11-9-6-7-12-10(9)8-4-2-1-3-5-8/h1-7H. The molecule has 0 saturated heterocycles. The lowest BCUT2D eigenvalue weighted by Gasteiger charge is -1.96. The molecule has 2 aromatic rings. The number of hydrogen-bond acceptors (Lipinski definition) is 1. The summed E-state index contributed by atoms with van der Waals surface area (Å²) in [4.78, 5) is 1.37. The van der Waals surface area contributed by atoms with Crippen LogP contribution in [0.25, 0.3) is 10.4 Å². The Morgan fingerprint density at radius 1 is 1.00 bits per heavy atom. The maximum absolute atomic E-state index is 2.37. The fourth-order valence-corrected chi connectivity index (χ4v) is 3.00. The molecule has 0 radical (unpaired) electrons. The summed E-state index contributed by atoms with van der Waals surface area (Å²) in [5.41, 5.74) is 1.32. The maximum Gasteiger partial charge on any atom is 0.0476 e. The largest absolute Gasteiger partial charge is 0.143 e. The smallest absolute Gasteiger partial charge is 0.0476 e. The second-order valence-electron chi connectivity index (χ2n) is 2.46. The Bertz CT molecular complexity index is 364. The van der Waals surface area contributed by atoms with Crippen molar-refractivity contribution in [1.82, 2.24) is 0 Å². The van der Waals surface area contributed by atoms with Gasteiger partial charge in [-0.3, -0.25) is 0 Å². The molecular weight excluding hydrogens is 279 g/mol. The molecule has 0 aliphatic carbocycles. The van der Waals surface area contributed by atoms with Crippen LogP contribution in [0.3, 0.4) is 0 Å². The summed E-state index contributed by atoms with van der Waals surface area (Å²) in [5, 5.41) is 2.13. The van der Waals surface area contributed by atoms with E-state index in [1.807, 2.05) is 6.07 Å². The van der Waals surface area contributed by atoms with Gasteiger partial charge in [-0.15, -0.1) is 11.3 Å². The quantitative estimate of drug-likeness (QED) is 0.695. The van der Waals surface area contributed by atoms with Crippen molar-refractivity contribution in [2.45, 2.75) is 0 Å². The van der Waals surface area contributed by atoms with Gasteiger partial charge in [0, 0.05) is 8.45 Å². The van der Waals surface area contributed by atoms with E-state index in [9.17, 15) is 0 Å². The zero-order valence-corrected chi connectivity index (χ0v) is 9.30. The van der Waals surface area contributed by atoms with E-state index in [2.05, 4.69) is 58.3 Å². The molecule has 1 aromatic carbocycles. The Balaban J connectivity index is 2.51. The monoisotopic (exact) mass is 286 g/mol. The fraction of sp³-hybridized carbons (Fsp3) is 0. The summed E-state index contributed by atoms with van der Waals surface area (Å²) in [7, 11) is 0. The van der Waals surface area contributed by atoms with Gasteiger partial charge in [-0.05, 0) is 39.6 Å². The number of benzene rings is 1. The van der Waals surface area contributed by atoms with Crippen LogP contribution in [-0.4, -0.2) is 0 Å². The van der Waals surface area contributed by atoms with Crippen LogP contribution >= 0.6 is 33.9 Å². The van der Waals surface area contributed by atoms with Crippen LogP contribution < -0.4 is 0 Å². The van der Waals surface area contributed by atoms with Crippen molar-refractivity contribution < 1.29 is 0 Å². The van der Waals surface area contributed by atoms with Gasteiger partial charge in [0.25, 0.3) is 0 Å². The summed E-state index contributed by atoms with van der Waals surface area (Å²) < 4.78 is 1.34. The summed E-state index contributed by atoms with van der Waals surface area (Å²) in [6.07, 6.45) is 0. The molecule has 0 bridgehead atoms. The van der Waals surface area contributed by atoms with Crippen LogP contribution in [0.5, 0.6) is 0 Å². The first-order valence-electron chi connectivity index (χ1n) is 3.66. The minimum atomic E-state index is 1.32. The van der Waals surface area contributed by atoms with Crippen molar-refractivity contribution in [2.75, 3.05) is 0 Å². The van der Waals surface area contributed by atoms with Gasteiger partial charge >= 0.3 is 0 Å². The molecule has 0 aliphatic rings. The minimum Gasteiger partial charge on any atom is -0.143 e. The molecule has 0 atom stereocenters. The SMILES string of the molecule is Ic1ccsc1-c1ccccc1. The lowest BCUT2D eigenvalue weighted by Crippen LogP contribution is -1.72. The molecule has 0 saturated carbocycles. The molecule has 0 nitrogen and oxygen atoms in total. The Hall–Kier alpha value is -0.350. The molecule has 12 heavy (non-hydrogen) atoms. The molecule has 2 heteroatoms. The van der Waals surface area contributed by atoms with E-state index >= 15 is 0 Å². The Labute approximate surface area is 89.4 Å². The van der Waals surface area contributed by atoms with E-state index in [4.69, 9.17) is 0 Å². The zero-order chi connectivity index (χ0) is 8.39. The van der Waals surface area contributed by atoms with Crippen LogP contribution in [0.2, 0.25) is 0 Å². The molecule has 60 valence electrons. The third-order valence-corrected chi connectivity index (χ3v) is 3.88. The molecule has 0 aliphatic heterocycles. The minimum absolute atomic E-state index is 1.32. The number of hydrogen-bond donors (Lipinski definition) is 0. The molecule has 2 rings (SSSR count). The van der Waals surface area contributed by atoms with Crippen molar-refractivity contribution in [3.05, 3.63) is 45.3 Å². The third kappa shape index (κ3) is 1.54. The van der Waals surface area contributed by atoms with Crippen LogP contribution in [0.4, 0.5) is 0 Å². The van der Waals surface area contributed by atoms with Crippen molar-refractivity contribution in [3.63, 3.8) is 0 Å². The van der Waals surface area contributed by atoms with Gasteiger partial charge in [-0.25, -0.2) is 0 Å². The first-order chi connectivity index (χ1) is 5.88. The van der Waals surface area contributed by atoms with Crippen molar-refractivity contribution in [3.8, 4) is 10.4 Å². The van der Waals surface area contributed by atoms with E-state index in [0.717, 1.165) is 0 Å². The third-order valence-electron chi connectivity index (χ3n) is 1.65. The van der Waals surface area contributed by atoms with Crippen molar-refractivity contribution in [1.29, 1.82) is 0 Å². The van der Waals surface area contributed by atoms with Gasteiger partial charge in [0.15, 0.2) is 0 Å². The zero-order valence-electron chi connectivity index (χ0n) is 6.33. The van der Waals surface area contributed by atoms with Crippen LogP contribution in [0, 0.1) is 3.57 Å². The summed E-state index contributed by atoms with van der Waals surface area (Å²) in [6, 6.07) is 12.6. The highest BCUT2D eigenvalue weighted by atomic mass is 127. The summed E-state index contributed by atoms with van der Waals surface area (Å²) >= 11 is 4.16. The molecule has 0 unspecified atom stereocenters. The molecule has 0 N–H and O–H groups in total. The normalized spacial score (nSPS) is 10.1. The predicted molar refractivity (Wildman–Crippen MR) is 62.5 cm³/mol. The molecule has 1 heterocycles. The highest BCUT2D eigenvalue weighted by molar-refractivity contribution is 14.1. The van der Waals surface area contributed by atoms with E-state index in [1.165, 1.54) is 14.0 Å². The van der Waals surface area contributed by atoms with Crippen LogP contribution in [-0.2, 0) is 0 Å². The Morgan fingerprint density at radius 2 is 1.75 bits per heavy atom. The van der Waals surface area contributed by atoms with E-state index < -0.39 is 0 Å². The molecule has 0 fully saturated rings. The molecule has 1 aromatic heterocycles. The average Bonchev–Trinajstić information content (AvgIpc) is 2.53. The number of rotatable bonds is 1.